The molecule has 0 spiro atoms. The second kappa shape index (κ2) is 8.65. The lowest BCUT2D eigenvalue weighted by Crippen LogP contribution is -2.42. The standard InChI is InChI=1S/C20H31FN2O2/c1-15(22-11-10-16-7-5-8-17(21)14-16)13-18-9-6-12-23(18)19(24)25-20(2,3)4/h5,7-8,14-15,18,22H,6,9-13H2,1-4H3. The van der Waals surface area contributed by atoms with E-state index < -0.39 is 5.60 Å². The lowest BCUT2D eigenvalue weighted by Gasteiger charge is -2.30. The lowest BCUT2D eigenvalue weighted by molar-refractivity contribution is 0.0215. The lowest BCUT2D eigenvalue weighted by atomic mass is 10.1. The van der Waals surface area contributed by atoms with E-state index in [4.69, 9.17) is 4.74 Å². The SMILES string of the molecule is CC(CC1CCCN1C(=O)OC(C)(C)C)NCCc1cccc(F)c1. The summed E-state index contributed by atoms with van der Waals surface area (Å²) in [5.74, 6) is -0.190. The molecule has 2 rings (SSSR count). The van der Waals surface area contributed by atoms with E-state index in [0.717, 1.165) is 44.3 Å². The van der Waals surface area contributed by atoms with Crippen LogP contribution in [0.25, 0.3) is 0 Å². The van der Waals surface area contributed by atoms with Crippen molar-refractivity contribution in [3.05, 3.63) is 35.6 Å². The molecule has 1 aliphatic rings. The van der Waals surface area contributed by atoms with Crippen molar-refractivity contribution in [1.29, 1.82) is 0 Å². The molecule has 4 nitrogen and oxygen atoms in total. The fraction of sp³-hybridized carbons (Fsp3) is 0.650. The van der Waals surface area contributed by atoms with Crippen LogP contribution in [0, 0.1) is 5.82 Å². The summed E-state index contributed by atoms with van der Waals surface area (Å²) in [4.78, 5) is 14.2. The Morgan fingerprint density at radius 1 is 1.44 bits per heavy atom. The van der Waals surface area contributed by atoms with Gasteiger partial charge in [0, 0.05) is 18.6 Å². The number of halogens is 1. The smallest absolute Gasteiger partial charge is 0.410 e. The molecule has 140 valence electrons. The average Bonchev–Trinajstić information content (AvgIpc) is 2.93. The van der Waals surface area contributed by atoms with Crippen molar-refractivity contribution in [1.82, 2.24) is 10.2 Å². The number of nitrogens with zero attached hydrogens (tertiary/aromatic N) is 1. The van der Waals surface area contributed by atoms with Crippen LogP contribution < -0.4 is 5.32 Å². The topological polar surface area (TPSA) is 41.6 Å². The van der Waals surface area contributed by atoms with E-state index >= 15 is 0 Å². The summed E-state index contributed by atoms with van der Waals surface area (Å²) in [6, 6.07) is 7.24. The Morgan fingerprint density at radius 3 is 2.88 bits per heavy atom. The molecule has 5 heteroatoms. The maximum Gasteiger partial charge on any atom is 0.410 e. The van der Waals surface area contributed by atoms with Crippen LogP contribution in [-0.4, -0.2) is 41.8 Å². The van der Waals surface area contributed by atoms with Crippen LogP contribution in [0.3, 0.4) is 0 Å². The van der Waals surface area contributed by atoms with Crippen LogP contribution in [0.5, 0.6) is 0 Å². The molecule has 1 fully saturated rings. The van der Waals surface area contributed by atoms with E-state index in [1.165, 1.54) is 6.07 Å². The van der Waals surface area contributed by atoms with Gasteiger partial charge in [0.1, 0.15) is 11.4 Å². The zero-order valence-electron chi connectivity index (χ0n) is 15.8. The van der Waals surface area contributed by atoms with Crippen molar-refractivity contribution >= 4 is 6.09 Å². The van der Waals surface area contributed by atoms with Gasteiger partial charge in [-0.2, -0.15) is 0 Å². The summed E-state index contributed by atoms with van der Waals surface area (Å²) in [5.41, 5.74) is 0.537. The Bertz CT molecular complexity index is 571. The number of ether oxygens (including phenoxy) is 1. The number of nitrogens with one attached hydrogen (secondary N) is 1. The molecule has 1 N–H and O–H groups in total. The number of carbonyl (C=O) groups is 1. The predicted molar refractivity (Wildman–Crippen MR) is 98.1 cm³/mol. The minimum absolute atomic E-state index is 0.190. The molecular weight excluding hydrogens is 319 g/mol. The first kappa shape index (κ1) is 19.7. The third-order valence-corrected chi connectivity index (χ3v) is 4.43. The molecule has 2 atom stereocenters. The Hall–Kier alpha value is -1.62. The van der Waals surface area contributed by atoms with Gasteiger partial charge in [0.2, 0.25) is 0 Å². The molecule has 1 amide bonds. The van der Waals surface area contributed by atoms with E-state index in [9.17, 15) is 9.18 Å². The highest BCUT2D eigenvalue weighted by molar-refractivity contribution is 5.68. The molecule has 0 radical (unpaired) electrons. The van der Waals surface area contributed by atoms with Gasteiger partial charge in [0.15, 0.2) is 0 Å². The van der Waals surface area contributed by atoms with Crippen LogP contribution in [0.15, 0.2) is 24.3 Å². The molecule has 1 aliphatic heterocycles. The van der Waals surface area contributed by atoms with Gasteiger partial charge in [-0.25, -0.2) is 9.18 Å². The van der Waals surface area contributed by atoms with Crippen molar-refractivity contribution in [3.63, 3.8) is 0 Å². The van der Waals surface area contributed by atoms with Crippen molar-refractivity contribution in [2.45, 2.75) is 71.1 Å². The summed E-state index contributed by atoms with van der Waals surface area (Å²) < 4.78 is 18.7. The van der Waals surface area contributed by atoms with Gasteiger partial charge in [0.25, 0.3) is 0 Å². The summed E-state index contributed by atoms with van der Waals surface area (Å²) in [6.45, 7) is 9.39. The van der Waals surface area contributed by atoms with Gasteiger partial charge in [-0.05, 0) is 77.6 Å². The highest BCUT2D eigenvalue weighted by atomic mass is 19.1. The van der Waals surface area contributed by atoms with Crippen molar-refractivity contribution in [2.24, 2.45) is 0 Å². The first-order valence-electron chi connectivity index (χ1n) is 9.22. The number of carbonyl (C=O) groups excluding carboxylic acids is 1. The number of benzene rings is 1. The molecule has 2 unspecified atom stereocenters. The van der Waals surface area contributed by atoms with Gasteiger partial charge in [0.05, 0.1) is 0 Å². The van der Waals surface area contributed by atoms with Crippen molar-refractivity contribution in [3.8, 4) is 0 Å². The number of amides is 1. The summed E-state index contributed by atoms with van der Waals surface area (Å²) >= 11 is 0. The maximum absolute atomic E-state index is 13.2. The van der Waals surface area contributed by atoms with Gasteiger partial charge >= 0.3 is 6.09 Å². The minimum atomic E-state index is -0.459. The minimum Gasteiger partial charge on any atom is -0.444 e. The van der Waals surface area contributed by atoms with E-state index in [1.54, 1.807) is 12.1 Å². The molecule has 0 aromatic heterocycles. The van der Waals surface area contributed by atoms with Crippen LogP contribution >= 0.6 is 0 Å². The molecule has 1 aromatic rings. The fourth-order valence-electron chi connectivity index (χ4n) is 3.29. The quantitative estimate of drug-likeness (QED) is 0.838. The van der Waals surface area contributed by atoms with E-state index in [-0.39, 0.29) is 18.0 Å². The summed E-state index contributed by atoms with van der Waals surface area (Å²) in [7, 11) is 0. The highest BCUT2D eigenvalue weighted by Crippen LogP contribution is 2.24. The van der Waals surface area contributed by atoms with Gasteiger partial charge in [-0.15, -0.1) is 0 Å². The molecule has 1 heterocycles. The van der Waals surface area contributed by atoms with Crippen LogP contribution in [0.2, 0.25) is 0 Å². The fourth-order valence-corrected chi connectivity index (χ4v) is 3.29. The molecule has 0 saturated carbocycles. The molecule has 0 aliphatic carbocycles. The second-order valence-electron chi connectivity index (χ2n) is 7.94. The van der Waals surface area contributed by atoms with Gasteiger partial charge < -0.3 is 15.0 Å². The third-order valence-electron chi connectivity index (χ3n) is 4.43. The summed E-state index contributed by atoms with van der Waals surface area (Å²) in [5, 5.41) is 3.48. The van der Waals surface area contributed by atoms with Crippen LogP contribution in [0.1, 0.15) is 52.5 Å². The van der Waals surface area contributed by atoms with E-state index in [0.29, 0.717) is 6.04 Å². The molecule has 1 aromatic carbocycles. The number of likely N-dealkylation sites (tertiary alicyclic amines) is 1. The number of hydrogen-bond acceptors (Lipinski definition) is 3. The van der Waals surface area contributed by atoms with Gasteiger partial charge in [-0.3, -0.25) is 0 Å². The number of rotatable bonds is 6. The zero-order valence-corrected chi connectivity index (χ0v) is 15.8. The molecular formula is C20H31FN2O2. The first-order valence-corrected chi connectivity index (χ1v) is 9.22. The number of hydrogen-bond donors (Lipinski definition) is 1. The van der Waals surface area contributed by atoms with Crippen LogP contribution in [-0.2, 0) is 11.2 Å². The van der Waals surface area contributed by atoms with Crippen LogP contribution in [0.4, 0.5) is 9.18 Å². The second-order valence-corrected chi connectivity index (χ2v) is 7.94. The Kier molecular flexibility index (Phi) is 6.82. The Morgan fingerprint density at radius 2 is 2.20 bits per heavy atom. The highest BCUT2D eigenvalue weighted by Gasteiger charge is 2.32. The zero-order chi connectivity index (χ0) is 18.4. The van der Waals surface area contributed by atoms with Crippen molar-refractivity contribution in [2.75, 3.05) is 13.1 Å². The summed E-state index contributed by atoms with van der Waals surface area (Å²) in [6.07, 6.45) is 3.54. The van der Waals surface area contributed by atoms with E-state index in [2.05, 4.69) is 12.2 Å². The van der Waals surface area contributed by atoms with E-state index in [1.807, 2.05) is 31.7 Å². The van der Waals surface area contributed by atoms with Crippen molar-refractivity contribution < 1.29 is 13.9 Å². The maximum atomic E-state index is 13.2. The first-order chi connectivity index (χ1) is 11.7. The molecule has 1 saturated heterocycles. The largest absolute Gasteiger partial charge is 0.444 e. The average molecular weight is 350 g/mol. The Balaban J connectivity index is 1.77. The third kappa shape index (κ3) is 6.65. The Labute approximate surface area is 150 Å². The van der Waals surface area contributed by atoms with Gasteiger partial charge in [-0.1, -0.05) is 12.1 Å². The monoisotopic (exact) mass is 350 g/mol. The molecule has 25 heavy (non-hydrogen) atoms. The molecule has 0 bridgehead atoms. The predicted octanol–water partition coefficient (Wildman–Crippen LogP) is 4.14. The normalized spacial score (nSPS) is 19.1.